The number of anilines is 1. The predicted molar refractivity (Wildman–Crippen MR) is 94.9 cm³/mol. The first kappa shape index (κ1) is 15.0. The van der Waals surface area contributed by atoms with Crippen LogP contribution in [0.1, 0.15) is 6.92 Å². The third-order valence-electron chi connectivity index (χ3n) is 4.13. The molecule has 23 heavy (non-hydrogen) atoms. The van der Waals surface area contributed by atoms with Gasteiger partial charge in [0, 0.05) is 41.1 Å². The van der Waals surface area contributed by atoms with Crippen molar-refractivity contribution in [1.29, 1.82) is 0 Å². The smallest absolute Gasteiger partial charge is 0.298 e. The molecule has 0 unspecified atom stereocenters. The van der Waals surface area contributed by atoms with Crippen LogP contribution >= 0.6 is 22.9 Å². The summed E-state index contributed by atoms with van der Waals surface area (Å²) in [6, 6.07) is 8.76. The number of nitrogens with two attached hydrogens (primary N) is 1. The summed E-state index contributed by atoms with van der Waals surface area (Å²) in [5, 5.41) is 4.54. The zero-order valence-corrected chi connectivity index (χ0v) is 14.3. The maximum atomic E-state index is 6.27. The lowest BCUT2D eigenvalue weighted by molar-refractivity contribution is 0.229. The normalized spacial score (nSPS) is 19.6. The summed E-state index contributed by atoms with van der Waals surface area (Å²) in [6.45, 7) is 4.51. The van der Waals surface area contributed by atoms with Crippen LogP contribution in [0.5, 0.6) is 0 Å². The number of aromatic nitrogens is 1. The monoisotopic (exact) mass is 348 g/mol. The molecule has 3 aromatic rings. The van der Waals surface area contributed by atoms with E-state index in [0.717, 1.165) is 41.2 Å². The summed E-state index contributed by atoms with van der Waals surface area (Å²) in [5.74, 6) is 5.89. The molecule has 1 aliphatic rings. The van der Waals surface area contributed by atoms with Gasteiger partial charge in [0.2, 0.25) is 0 Å². The number of oxazole rings is 1. The van der Waals surface area contributed by atoms with Crippen LogP contribution in [0, 0.1) is 0 Å². The highest BCUT2D eigenvalue weighted by atomic mass is 35.5. The molecule has 1 fully saturated rings. The second kappa shape index (κ2) is 5.79. The van der Waals surface area contributed by atoms with Crippen LogP contribution in [0.4, 0.5) is 6.01 Å². The Morgan fingerprint density at radius 1 is 1.39 bits per heavy atom. The van der Waals surface area contributed by atoms with E-state index in [1.807, 2.05) is 28.6 Å². The molecule has 5 nitrogen and oxygen atoms in total. The van der Waals surface area contributed by atoms with E-state index in [1.54, 1.807) is 11.3 Å². The van der Waals surface area contributed by atoms with Crippen molar-refractivity contribution in [2.45, 2.75) is 13.0 Å². The summed E-state index contributed by atoms with van der Waals surface area (Å²) < 4.78 is 6.13. The second-order valence-electron chi connectivity index (χ2n) is 5.81. The zero-order valence-electron chi connectivity index (χ0n) is 12.7. The van der Waals surface area contributed by atoms with Gasteiger partial charge in [0.05, 0.1) is 0 Å². The Bertz CT molecular complexity index is 832. The van der Waals surface area contributed by atoms with Crippen molar-refractivity contribution >= 4 is 40.1 Å². The molecule has 3 heterocycles. The van der Waals surface area contributed by atoms with Crippen LogP contribution < -0.4 is 10.7 Å². The highest BCUT2D eigenvalue weighted by Gasteiger charge is 2.26. The average Bonchev–Trinajstić information content (AvgIpc) is 3.14. The lowest BCUT2D eigenvalue weighted by atomic mass is 10.1. The van der Waals surface area contributed by atoms with Crippen LogP contribution in [-0.4, -0.2) is 35.7 Å². The number of hydrazine groups is 1. The largest absolute Gasteiger partial charge is 0.423 e. The molecule has 2 aromatic heterocycles. The molecular formula is C16H17ClN4OS. The van der Waals surface area contributed by atoms with E-state index in [0.29, 0.717) is 11.0 Å². The number of rotatable bonds is 2. The minimum atomic E-state index is 0.252. The number of benzene rings is 1. The molecule has 7 heteroatoms. The van der Waals surface area contributed by atoms with Gasteiger partial charge in [0.25, 0.3) is 6.01 Å². The first-order chi connectivity index (χ1) is 11.1. The van der Waals surface area contributed by atoms with Gasteiger partial charge in [-0.05, 0) is 30.5 Å². The maximum absolute atomic E-state index is 6.27. The molecule has 0 amide bonds. The van der Waals surface area contributed by atoms with Gasteiger partial charge in [-0.1, -0.05) is 17.7 Å². The molecule has 2 N–H and O–H groups in total. The number of hydrogen-bond donors (Lipinski definition) is 1. The van der Waals surface area contributed by atoms with E-state index in [1.165, 1.54) is 0 Å². The van der Waals surface area contributed by atoms with Crippen molar-refractivity contribution in [3.05, 3.63) is 34.7 Å². The quantitative estimate of drug-likeness (QED) is 0.717. The molecule has 0 aliphatic carbocycles. The number of hydrogen-bond acceptors (Lipinski definition) is 6. The lowest BCUT2D eigenvalue weighted by Crippen LogP contribution is -2.54. The first-order valence-corrected chi connectivity index (χ1v) is 8.78. The third-order valence-corrected chi connectivity index (χ3v) is 5.26. The number of halogens is 1. The predicted octanol–water partition coefficient (Wildman–Crippen LogP) is 3.59. The molecule has 1 saturated heterocycles. The van der Waals surface area contributed by atoms with Gasteiger partial charge >= 0.3 is 0 Å². The molecule has 0 saturated carbocycles. The molecular weight excluding hydrogens is 332 g/mol. The van der Waals surface area contributed by atoms with Gasteiger partial charge in [-0.3, -0.25) is 5.84 Å². The van der Waals surface area contributed by atoms with E-state index in [-0.39, 0.29) is 6.04 Å². The molecule has 0 spiro atoms. The lowest BCUT2D eigenvalue weighted by Gasteiger charge is -2.36. The van der Waals surface area contributed by atoms with Gasteiger partial charge in [-0.25, -0.2) is 5.01 Å². The van der Waals surface area contributed by atoms with Crippen molar-refractivity contribution in [1.82, 2.24) is 9.99 Å². The number of piperazine rings is 1. The molecule has 0 bridgehead atoms. The molecule has 1 aliphatic heterocycles. The molecule has 4 rings (SSSR count). The number of fused-ring (bicyclic) bond motifs is 1. The summed E-state index contributed by atoms with van der Waals surface area (Å²) in [5.41, 5.74) is 2.57. The topological polar surface area (TPSA) is 58.5 Å². The van der Waals surface area contributed by atoms with Crippen molar-refractivity contribution < 1.29 is 4.42 Å². The third kappa shape index (κ3) is 2.72. The average molecular weight is 349 g/mol. The fourth-order valence-electron chi connectivity index (χ4n) is 2.99. The Labute approximate surface area is 143 Å². The molecule has 120 valence electrons. The fourth-order valence-corrected chi connectivity index (χ4v) is 3.95. The molecule has 1 atom stereocenters. The highest BCUT2D eigenvalue weighted by Crippen LogP contribution is 2.37. The van der Waals surface area contributed by atoms with E-state index in [4.69, 9.17) is 21.9 Å². The van der Waals surface area contributed by atoms with Gasteiger partial charge < -0.3 is 9.32 Å². The van der Waals surface area contributed by atoms with Gasteiger partial charge in [-0.15, -0.1) is 11.3 Å². The van der Waals surface area contributed by atoms with Crippen molar-refractivity contribution in [3.8, 4) is 10.4 Å². The minimum Gasteiger partial charge on any atom is -0.423 e. The Morgan fingerprint density at radius 2 is 2.26 bits per heavy atom. The van der Waals surface area contributed by atoms with Crippen molar-refractivity contribution in [2.75, 3.05) is 24.5 Å². The Morgan fingerprint density at radius 3 is 3.00 bits per heavy atom. The Balaban J connectivity index is 1.80. The first-order valence-electron chi connectivity index (χ1n) is 7.52. The fraction of sp³-hybridized carbons (Fsp3) is 0.312. The van der Waals surface area contributed by atoms with Gasteiger partial charge in [0.1, 0.15) is 5.52 Å². The molecule has 0 radical (unpaired) electrons. The van der Waals surface area contributed by atoms with Crippen molar-refractivity contribution in [2.24, 2.45) is 5.84 Å². The second-order valence-corrected chi connectivity index (χ2v) is 7.20. The van der Waals surface area contributed by atoms with E-state index in [2.05, 4.69) is 22.9 Å². The van der Waals surface area contributed by atoms with Gasteiger partial charge in [-0.2, -0.15) is 4.98 Å². The van der Waals surface area contributed by atoms with E-state index >= 15 is 0 Å². The number of thiophene rings is 1. The minimum absolute atomic E-state index is 0.252. The Hall–Kier alpha value is -1.60. The maximum Gasteiger partial charge on any atom is 0.298 e. The summed E-state index contributed by atoms with van der Waals surface area (Å²) in [7, 11) is 0. The molecule has 1 aromatic carbocycles. The van der Waals surface area contributed by atoms with Crippen LogP contribution in [0.2, 0.25) is 5.02 Å². The van der Waals surface area contributed by atoms with E-state index < -0.39 is 0 Å². The van der Waals surface area contributed by atoms with Crippen LogP contribution in [0.25, 0.3) is 21.5 Å². The zero-order chi connectivity index (χ0) is 16.0. The van der Waals surface area contributed by atoms with Crippen LogP contribution in [-0.2, 0) is 0 Å². The number of nitrogens with zero attached hydrogens (tertiary/aromatic N) is 3. The van der Waals surface area contributed by atoms with Crippen LogP contribution in [0.15, 0.2) is 34.1 Å². The van der Waals surface area contributed by atoms with Crippen molar-refractivity contribution in [3.63, 3.8) is 0 Å². The summed E-state index contributed by atoms with van der Waals surface area (Å²) >= 11 is 7.93. The standard InChI is InChI=1S/C16H17ClN4OS/c1-10-9-20(18)4-5-21(10)16-19-13-8-11(17)7-12(15(13)22-16)14-3-2-6-23-14/h2-3,6-8,10H,4-5,9,18H2,1H3/t10-/m0/s1. The highest BCUT2D eigenvalue weighted by molar-refractivity contribution is 7.13. The van der Waals surface area contributed by atoms with E-state index in [9.17, 15) is 0 Å². The van der Waals surface area contributed by atoms with Gasteiger partial charge in [0.15, 0.2) is 5.58 Å². The summed E-state index contributed by atoms with van der Waals surface area (Å²) in [4.78, 5) is 7.95. The SMILES string of the molecule is C[C@H]1CN(N)CCN1c1nc2cc(Cl)cc(-c3cccs3)c2o1. The van der Waals surface area contributed by atoms with Crippen LogP contribution in [0.3, 0.4) is 0 Å². The summed E-state index contributed by atoms with van der Waals surface area (Å²) in [6.07, 6.45) is 0. The Kier molecular flexibility index (Phi) is 3.77.